The summed E-state index contributed by atoms with van der Waals surface area (Å²) < 4.78 is 0. The van der Waals surface area contributed by atoms with Gasteiger partial charge < -0.3 is 15.3 Å². The van der Waals surface area contributed by atoms with Crippen LogP contribution in [0.4, 0.5) is 5.82 Å². The molecule has 0 atom stereocenters. The van der Waals surface area contributed by atoms with E-state index in [0.29, 0.717) is 24.2 Å². The zero-order valence-electron chi connectivity index (χ0n) is 13.5. The van der Waals surface area contributed by atoms with E-state index in [1.807, 2.05) is 27.9 Å². The molecule has 21 heavy (non-hydrogen) atoms. The average molecular weight is 293 g/mol. The molecule has 1 aromatic rings. The fourth-order valence-corrected chi connectivity index (χ4v) is 2.50. The molecule has 0 aliphatic rings. The van der Waals surface area contributed by atoms with Gasteiger partial charge in [-0.3, -0.25) is 4.79 Å². The van der Waals surface area contributed by atoms with Gasteiger partial charge in [-0.25, -0.2) is 4.98 Å². The predicted molar refractivity (Wildman–Crippen MR) is 85.7 cm³/mol. The Hall–Kier alpha value is -1.62. The molecule has 0 fully saturated rings. The van der Waals surface area contributed by atoms with Gasteiger partial charge in [0.1, 0.15) is 5.82 Å². The summed E-state index contributed by atoms with van der Waals surface area (Å²) in [5.41, 5.74) is -0.294. The van der Waals surface area contributed by atoms with E-state index in [1.165, 1.54) is 0 Å². The first-order chi connectivity index (χ1) is 9.93. The highest BCUT2D eigenvalue weighted by atomic mass is 16.3. The van der Waals surface area contributed by atoms with Gasteiger partial charge in [0.15, 0.2) is 0 Å². The molecule has 0 spiro atoms. The summed E-state index contributed by atoms with van der Waals surface area (Å²) in [6.07, 6.45) is 4.82. The van der Waals surface area contributed by atoms with E-state index in [2.05, 4.69) is 10.3 Å². The number of amides is 1. The predicted octanol–water partition coefficient (Wildman–Crippen LogP) is 2.21. The highest BCUT2D eigenvalue weighted by molar-refractivity contribution is 5.98. The second-order valence-electron chi connectivity index (χ2n) is 5.68. The molecule has 2 N–H and O–H groups in total. The maximum atomic E-state index is 12.3. The first-order valence-electron chi connectivity index (χ1n) is 7.56. The number of carbonyl (C=O) groups excluding carboxylic acids is 1. The smallest absolute Gasteiger partial charge is 0.255 e. The van der Waals surface area contributed by atoms with Crippen molar-refractivity contribution in [3.63, 3.8) is 0 Å². The van der Waals surface area contributed by atoms with Crippen molar-refractivity contribution in [3.05, 3.63) is 23.9 Å². The summed E-state index contributed by atoms with van der Waals surface area (Å²) in [4.78, 5) is 18.4. The minimum absolute atomic E-state index is 0.197. The summed E-state index contributed by atoms with van der Waals surface area (Å²) >= 11 is 0. The minimum atomic E-state index is -0.820. The van der Waals surface area contributed by atoms with Gasteiger partial charge in [0.25, 0.3) is 5.91 Å². The monoisotopic (exact) mass is 293 g/mol. The number of rotatable bonds is 8. The Morgan fingerprint density at radius 2 is 1.95 bits per heavy atom. The van der Waals surface area contributed by atoms with Crippen LogP contribution in [-0.2, 0) is 0 Å². The van der Waals surface area contributed by atoms with Crippen LogP contribution in [0.3, 0.4) is 0 Å². The quantitative estimate of drug-likeness (QED) is 0.771. The summed E-state index contributed by atoms with van der Waals surface area (Å²) in [5.74, 6) is 0.432. The standard InChI is InChI=1S/C16H27N3O2/c1-5-9-16(21,10-6-2)12-18-15(20)13-8-7-11-17-14(13)19(3)4/h7-8,11,21H,5-6,9-10,12H2,1-4H3,(H,18,20). The van der Waals surface area contributed by atoms with Gasteiger partial charge in [-0.2, -0.15) is 0 Å². The molecule has 0 aliphatic heterocycles. The van der Waals surface area contributed by atoms with Gasteiger partial charge in [-0.15, -0.1) is 0 Å². The lowest BCUT2D eigenvalue weighted by atomic mass is 9.92. The Kier molecular flexibility index (Phi) is 6.62. The Morgan fingerprint density at radius 3 is 2.48 bits per heavy atom. The highest BCUT2D eigenvalue weighted by Gasteiger charge is 2.26. The van der Waals surface area contributed by atoms with Crippen molar-refractivity contribution in [3.8, 4) is 0 Å². The second kappa shape index (κ2) is 7.98. The summed E-state index contributed by atoms with van der Waals surface area (Å²) in [7, 11) is 3.70. The number of nitrogens with one attached hydrogen (secondary N) is 1. The van der Waals surface area contributed by atoms with Crippen molar-refractivity contribution in [2.45, 2.75) is 45.1 Å². The van der Waals surface area contributed by atoms with E-state index in [4.69, 9.17) is 0 Å². The summed E-state index contributed by atoms with van der Waals surface area (Å²) in [5, 5.41) is 13.4. The molecule has 0 aromatic carbocycles. The lowest BCUT2D eigenvalue weighted by Gasteiger charge is -2.28. The Bertz CT molecular complexity index is 455. The van der Waals surface area contributed by atoms with Crippen molar-refractivity contribution in [2.75, 3.05) is 25.5 Å². The molecule has 0 saturated heterocycles. The molecule has 0 unspecified atom stereocenters. The highest BCUT2D eigenvalue weighted by Crippen LogP contribution is 2.19. The van der Waals surface area contributed by atoms with Crippen LogP contribution in [0.1, 0.15) is 49.9 Å². The molecular weight excluding hydrogens is 266 g/mol. The molecule has 5 nitrogen and oxygen atoms in total. The first-order valence-corrected chi connectivity index (χ1v) is 7.56. The number of anilines is 1. The number of hydrogen-bond donors (Lipinski definition) is 2. The van der Waals surface area contributed by atoms with Gasteiger partial charge in [-0.1, -0.05) is 26.7 Å². The number of aromatic nitrogens is 1. The molecule has 1 rings (SSSR count). The molecule has 0 bridgehead atoms. The maximum absolute atomic E-state index is 12.3. The van der Waals surface area contributed by atoms with Gasteiger partial charge >= 0.3 is 0 Å². The van der Waals surface area contributed by atoms with Crippen LogP contribution < -0.4 is 10.2 Å². The van der Waals surface area contributed by atoms with Crippen molar-refractivity contribution in [1.29, 1.82) is 0 Å². The van der Waals surface area contributed by atoms with E-state index in [-0.39, 0.29) is 12.5 Å². The molecule has 5 heteroatoms. The third kappa shape index (κ3) is 5.01. The maximum Gasteiger partial charge on any atom is 0.255 e. The van der Waals surface area contributed by atoms with E-state index < -0.39 is 5.60 Å². The van der Waals surface area contributed by atoms with E-state index in [0.717, 1.165) is 12.8 Å². The third-order valence-electron chi connectivity index (χ3n) is 3.46. The molecule has 1 amide bonds. The van der Waals surface area contributed by atoms with Gasteiger partial charge in [0.2, 0.25) is 0 Å². The number of pyridine rings is 1. The van der Waals surface area contributed by atoms with Gasteiger partial charge in [0, 0.05) is 26.8 Å². The van der Waals surface area contributed by atoms with Crippen molar-refractivity contribution in [2.24, 2.45) is 0 Å². The molecule has 0 aliphatic carbocycles. The van der Waals surface area contributed by atoms with Crippen LogP contribution in [0.25, 0.3) is 0 Å². The topological polar surface area (TPSA) is 65.5 Å². The largest absolute Gasteiger partial charge is 0.388 e. The Balaban J connectivity index is 2.77. The SMILES string of the molecule is CCCC(O)(CCC)CNC(=O)c1cccnc1N(C)C. The van der Waals surface area contributed by atoms with Crippen LogP contribution >= 0.6 is 0 Å². The molecule has 0 radical (unpaired) electrons. The van der Waals surface area contributed by atoms with Crippen molar-refractivity contribution >= 4 is 11.7 Å². The average Bonchev–Trinajstić information content (AvgIpc) is 2.45. The lowest BCUT2D eigenvalue weighted by Crippen LogP contribution is -2.43. The minimum Gasteiger partial charge on any atom is -0.388 e. The Labute approximate surface area is 127 Å². The van der Waals surface area contributed by atoms with E-state index in [9.17, 15) is 9.90 Å². The zero-order valence-corrected chi connectivity index (χ0v) is 13.5. The van der Waals surface area contributed by atoms with Crippen molar-refractivity contribution < 1.29 is 9.90 Å². The fourth-order valence-electron chi connectivity index (χ4n) is 2.50. The molecule has 1 aromatic heterocycles. The molecule has 118 valence electrons. The lowest BCUT2D eigenvalue weighted by molar-refractivity contribution is 0.0213. The fraction of sp³-hybridized carbons (Fsp3) is 0.625. The Morgan fingerprint density at radius 1 is 1.33 bits per heavy atom. The zero-order chi connectivity index (χ0) is 15.9. The van der Waals surface area contributed by atoms with Gasteiger partial charge in [-0.05, 0) is 25.0 Å². The number of carbonyl (C=O) groups is 1. The third-order valence-corrected chi connectivity index (χ3v) is 3.46. The van der Waals surface area contributed by atoms with E-state index >= 15 is 0 Å². The number of nitrogens with zero attached hydrogens (tertiary/aromatic N) is 2. The normalized spacial score (nSPS) is 11.3. The van der Waals surface area contributed by atoms with Crippen LogP contribution in [0.15, 0.2) is 18.3 Å². The summed E-state index contributed by atoms with van der Waals surface area (Å²) in [6.45, 7) is 4.34. The molecular formula is C16H27N3O2. The number of aliphatic hydroxyl groups is 1. The second-order valence-corrected chi connectivity index (χ2v) is 5.68. The number of hydrogen-bond acceptors (Lipinski definition) is 4. The van der Waals surface area contributed by atoms with Crippen LogP contribution in [0.5, 0.6) is 0 Å². The van der Waals surface area contributed by atoms with E-state index in [1.54, 1.807) is 23.2 Å². The van der Waals surface area contributed by atoms with Crippen LogP contribution in [0.2, 0.25) is 0 Å². The summed E-state index contributed by atoms with van der Waals surface area (Å²) in [6, 6.07) is 3.49. The van der Waals surface area contributed by atoms with Gasteiger partial charge in [0.05, 0.1) is 11.2 Å². The molecule has 1 heterocycles. The van der Waals surface area contributed by atoms with Crippen LogP contribution in [-0.4, -0.2) is 42.2 Å². The van der Waals surface area contributed by atoms with Crippen LogP contribution in [0, 0.1) is 0 Å². The molecule has 0 saturated carbocycles. The van der Waals surface area contributed by atoms with Crippen molar-refractivity contribution in [1.82, 2.24) is 10.3 Å². The first kappa shape index (κ1) is 17.4.